The summed E-state index contributed by atoms with van der Waals surface area (Å²) in [5.41, 5.74) is 0. The third kappa shape index (κ3) is 4.28. The first kappa shape index (κ1) is 14.5. The summed E-state index contributed by atoms with van der Waals surface area (Å²) in [6, 6.07) is 0.303. The van der Waals surface area contributed by atoms with Crippen LogP contribution in [0.4, 0.5) is 0 Å². The van der Waals surface area contributed by atoms with Crippen molar-refractivity contribution < 1.29 is 4.79 Å². The summed E-state index contributed by atoms with van der Waals surface area (Å²) in [5.74, 6) is 0.603. The third-order valence-electron chi connectivity index (χ3n) is 3.26. The standard InChI is InChI=1S/C13H27N3O/c1-10(2)12(14-11(3)4)13(17)16-8-6-15(5)7-9-16/h10-12,14H,6-9H2,1-5H3. The summed E-state index contributed by atoms with van der Waals surface area (Å²) in [6.07, 6.45) is 0. The molecule has 4 nitrogen and oxygen atoms in total. The maximum Gasteiger partial charge on any atom is 0.240 e. The Labute approximate surface area is 105 Å². The maximum atomic E-state index is 12.4. The largest absolute Gasteiger partial charge is 0.339 e. The van der Waals surface area contributed by atoms with Crippen LogP contribution in [0.3, 0.4) is 0 Å². The summed E-state index contributed by atoms with van der Waals surface area (Å²) in [7, 11) is 2.11. The lowest BCUT2D eigenvalue weighted by Gasteiger charge is -2.36. The summed E-state index contributed by atoms with van der Waals surface area (Å²) in [6.45, 7) is 12.1. The molecule has 0 aliphatic carbocycles. The first-order valence-electron chi connectivity index (χ1n) is 6.65. The second-order valence-corrected chi connectivity index (χ2v) is 5.67. The number of likely N-dealkylation sites (N-methyl/N-ethyl adjacent to an activating group) is 1. The lowest BCUT2D eigenvalue weighted by Crippen LogP contribution is -2.55. The Kier molecular flexibility index (Phi) is 5.40. The molecule has 1 rings (SSSR count). The zero-order valence-corrected chi connectivity index (χ0v) is 11.9. The van der Waals surface area contributed by atoms with Crippen molar-refractivity contribution in [1.29, 1.82) is 0 Å². The molecule has 1 atom stereocenters. The highest BCUT2D eigenvalue weighted by atomic mass is 16.2. The van der Waals surface area contributed by atoms with Crippen molar-refractivity contribution in [3.05, 3.63) is 0 Å². The molecule has 0 aromatic heterocycles. The fourth-order valence-electron chi connectivity index (χ4n) is 2.13. The van der Waals surface area contributed by atoms with Crippen LogP contribution in [-0.2, 0) is 4.79 Å². The van der Waals surface area contributed by atoms with Gasteiger partial charge < -0.3 is 15.1 Å². The number of hydrogen-bond acceptors (Lipinski definition) is 3. The van der Waals surface area contributed by atoms with Crippen LogP contribution in [-0.4, -0.2) is 61.0 Å². The normalized spacial score (nSPS) is 20.1. The fraction of sp³-hybridized carbons (Fsp3) is 0.923. The van der Waals surface area contributed by atoms with Gasteiger partial charge in [-0.2, -0.15) is 0 Å². The number of carbonyl (C=O) groups is 1. The molecular formula is C13H27N3O. The van der Waals surface area contributed by atoms with E-state index >= 15 is 0 Å². The molecule has 17 heavy (non-hydrogen) atoms. The van der Waals surface area contributed by atoms with Gasteiger partial charge in [0, 0.05) is 32.2 Å². The number of nitrogens with zero attached hydrogens (tertiary/aromatic N) is 2. The highest BCUT2D eigenvalue weighted by Gasteiger charge is 2.28. The molecule has 1 aliphatic heterocycles. The number of amides is 1. The van der Waals surface area contributed by atoms with Gasteiger partial charge in [0.2, 0.25) is 5.91 Å². The molecule has 1 N–H and O–H groups in total. The Morgan fingerprint density at radius 3 is 2.00 bits per heavy atom. The van der Waals surface area contributed by atoms with Gasteiger partial charge in [0.25, 0.3) is 0 Å². The van der Waals surface area contributed by atoms with Crippen molar-refractivity contribution in [2.75, 3.05) is 33.2 Å². The van der Waals surface area contributed by atoms with Crippen molar-refractivity contribution in [3.63, 3.8) is 0 Å². The molecule has 0 spiro atoms. The van der Waals surface area contributed by atoms with Crippen molar-refractivity contribution in [2.45, 2.75) is 39.8 Å². The van der Waals surface area contributed by atoms with Gasteiger partial charge in [-0.05, 0) is 13.0 Å². The van der Waals surface area contributed by atoms with E-state index in [-0.39, 0.29) is 11.9 Å². The van der Waals surface area contributed by atoms with Gasteiger partial charge in [0.15, 0.2) is 0 Å². The lowest BCUT2D eigenvalue weighted by molar-refractivity contribution is -0.136. The van der Waals surface area contributed by atoms with Crippen LogP contribution in [0.1, 0.15) is 27.7 Å². The Morgan fingerprint density at radius 1 is 1.06 bits per heavy atom. The summed E-state index contributed by atoms with van der Waals surface area (Å²) in [5, 5.41) is 3.38. The zero-order chi connectivity index (χ0) is 13.0. The fourth-order valence-corrected chi connectivity index (χ4v) is 2.13. The molecule has 1 heterocycles. The molecule has 1 unspecified atom stereocenters. The highest BCUT2D eigenvalue weighted by Crippen LogP contribution is 2.09. The van der Waals surface area contributed by atoms with Gasteiger partial charge in [-0.3, -0.25) is 4.79 Å². The second kappa shape index (κ2) is 6.36. The molecule has 1 aliphatic rings. The van der Waals surface area contributed by atoms with E-state index in [1.807, 2.05) is 4.90 Å². The molecule has 0 bridgehead atoms. The molecule has 0 aromatic rings. The Morgan fingerprint density at radius 2 is 1.59 bits per heavy atom. The molecule has 1 amide bonds. The number of piperazine rings is 1. The molecule has 0 aromatic carbocycles. The first-order chi connectivity index (χ1) is 7.91. The number of nitrogens with one attached hydrogen (secondary N) is 1. The zero-order valence-electron chi connectivity index (χ0n) is 11.9. The van der Waals surface area contributed by atoms with E-state index in [1.54, 1.807) is 0 Å². The van der Waals surface area contributed by atoms with Crippen LogP contribution in [0.2, 0.25) is 0 Å². The highest BCUT2D eigenvalue weighted by molar-refractivity contribution is 5.82. The lowest BCUT2D eigenvalue weighted by atomic mass is 10.0. The summed E-state index contributed by atoms with van der Waals surface area (Å²) >= 11 is 0. The minimum absolute atomic E-state index is 0.0431. The molecule has 4 heteroatoms. The number of hydrogen-bond donors (Lipinski definition) is 1. The predicted octanol–water partition coefficient (Wildman–Crippen LogP) is 0.783. The van der Waals surface area contributed by atoms with E-state index in [0.717, 1.165) is 26.2 Å². The number of carbonyl (C=O) groups excluding carboxylic acids is 1. The minimum atomic E-state index is -0.0431. The molecule has 1 fully saturated rings. The average Bonchev–Trinajstić information content (AvgIpc) is 2.25. The van der Waals surface area contributed by atoms with Gasteiger partial charge in [-0.15, -0.1) is 0 Å². The van der Waals surface area contributed by atoms with Crippen molar-refractivity contribution in [2.24, 2.45) is 5.92 Å². The molecule has 0 saturated carbocycles. The van der Waals surface area contributed by atoms with Gasteiger partial charge in [-0.1, -0.05) is 27.7 Å². The van der Waals surface area contributed by atoms with Crippen molar-refractivity contribution in [1.82, 2.24) is 15.1 Å². The van der Waals surface area contributed by atoms with E-state index in [9.17, 15) is 4.79 Å². The van der Waals surface area contributed by atoms with Crippen LogP contribution in [0, 0.1) is 5.92 Å². The topological polar surface area (TPSA) is 35.6 Å². The quantitative estimate of drug-likeness (QED) is 0.790. The van der Waals surface area contributed by atoms with E-state index in [1.165, 1.54) is 0 Å². The predicted molar refractivity (Wildman–Crippen MR) is 71.0 cm³/mol. The Balaban J connectivity index is 2.58. The molecular weight excluding hydrogens is 214 g/mol. The average molecular weight is 241 g/mol. The first-order valence-corrected chi connectivity index (χ1v) is 6.65. The monoisotopic (exact) mass is 241 g/mol. The van der Waals surface area contributed by atoms with Crippen LogP contribution in [0.25, 0.3) is 0 Å². The van der Waals surface area contributed by atoms with Crippen LogP contribution in [0.15, 0.2) is 0 Å². The summed E-state index contributed by atoms with van der Waals surface area (Å²) < 4.78 is 0. The van der Waals surface area contributed by atoms with E-state index in [0.29, 0.717) is 12.0 Å². The van der Waals surface area contributed by atoms with E-state index in [2.05, 4.69) is 45.0 Å². The Hall–Kier alpha value is -0.610. The number of rotatable bonds is 4. The molecule has 0 radical (unpaired) electrons. The summed E-state index contributed by atoms with van der Waals surface area (Å²) in [4.78, 5) is 16.7. The van der Waals surface area contributed by atoms with Crippen LogP contribution in [0.5, 0.6) is 0 Å². The maximum absolute atomic E-state index is 12.4. The second-order valence-electron chi connectivity index (χ2n) is 5.67. The van der Waals surface area contributed by atoms with E-state index in [4.69, 9.17) is 0 Å². The smallest absolute Gasteiger partial charge is 0.240 e. The van der Waals surface area contributed by atoms with Gasteiger partial charge in [-0.25, -0.2) is 0 Å². The van der Waals surface area contributed by atoms with Crippen LogP contribution < -0.4 is 5.32 Å². The van der Waals surface area contributed by atoms with Crippen molar-refractivity contribution >= 4 is 5.91 Å². The SMILES string of the molecule is CC(C)NC(C(=O)N1CCN(C)CC1)C(C)C. The minimum Gasteiger partial charge on any atom is -0.339 e. The molecule has 1 saturated heterocycles. The van der Waals surface area contributed by atoms with Crippen molar-refractivity contribution in [3.8, 4) is 0 Å². The van der Waals surface area contributed by atoms with Crippen LogP contribution >= 0.6 is 0 Å². The van der Waals surface area contributed by atoms with Gasteiger partial charge >= 0.3 is 0 Å². The third-order valence-corrected chi connectivity index (χ3v) is 3.26. The van der Waals surface area contributed by atoms with E-state index < -0.39 is 0 Å². The molecule has 100 valence electrons. The van der Waals surface area contributed by atoms with Gasteiger partial charge in [0.1, 0.15) is 0 Å². The Bertz CT molecular complexity index is 245. The van der Waals surface area contributed by atoms with Gasteiger partial charge in [0.05, 0.1) is 6.04 Å².